The molecule has 1 aliphatic heterocycles. The molecule has 142 valence electrons. The van der Waals surface area contributed by atoms with Gasteiger partial charge in [0.25, 0.3) is 0 Å². The number of nitrogens with two attached hydrogens (primary N) is 1. The summed E-state index contributed by atoms with van der Waals surface area (Å²) in [5.41, 5.74) is 9.32. The molecule has 2 heterocycles. The molecule has 0 saturated heterocycles. The molecule has 1 amide bonds. The fourth-order valence-corrected chi connectivity index (χ4v) is 3.90. The highest BCUT2D eigenvalue weighted by Gasteiger charge is 2.34. The highest BCUT2D eigenvalue weighted by Crippen LogP contribution is 2.39. The lowest BCUT2D eigenvalue weighted by atomic mass is 9.95. The summed E-state index contributed by atoms with van der Waals surface area (Å²) in [7, 11) is 0. The lowest BCUT2D eigenvalue weighted by Gasteiger charge is -2.28. The number of hydrogen-bond acceptors (Lipinski definition) is 4. The van der Waals surface area contributed by atoms with Gasteiger partial charge in [-0.25, -0.2) is 4.68 Å². The molecular weight excluding hydrogens is 397 g/mol. The number of aromatic nitrogens is 3. The van der Waals surface area contributed by atoms with Crippen LogP contribution < -0.4 is 11.1 Å². The zero-order valence-corrected chi connectivity index (χ0v) is 16.7. The first-order chi connectivity index (χ1) is 13.3. The van der Waals surface area contributed by atoms with E-state index in [0.717, 1.165) is 11.1 Å². The third-order valence-electron chi connectivity index (χ3n) is 4.65. The van der Waals surface area contributed by atoms with Gasteiger partial charge in [0.05, 0.1) is 5.57 Å². The fourth-order valence-electron chi connectivity index (χ4n) is 3.39. The molecule has 0 bridgehead atoms. The van der Waals surface area contributed by atoms with Crippen molar-refractivity contribution in [3.8, 4) is 11.4 Å². The van der Waals surface area contributed by atoms with Crippen molar-refractivity contribution < 1.29 is 4.79 Å². The number of allylic oxidation sites excluding steroid dienone is 1. The van der Waals surface area contributed by atoms with Crippen LogP contribution in [0.4, 0.5) is 5.95 Å². The first-order valence-electron chi connectivity index (χ1n) is 8.61. The van der Waals surface area contributed by atoms with Gasteiger partial charge in [0.15, 0.2) is 5.82 Å². The van der Waals surface area contributed by atoms with Gasteiger partial charge in [-0.2, -0.15) is 4.98 Å². The Morgan fingerprint density at radius 3 is 2.64 bits per heavy atom. The van der Waals surface area contributed by atoms with Crippen molar-refractivity contribution in [2.75, 3.05) is 5.32 Å². The van der Waals surface area contributed by atoms with E-state index in [2.05, 4.69) is 15.4 Å². The molecule has 0 saturated carbocycles. The topological polar surface area (TPSA) is 85.8 Å². The molecule has 0 aliphatic carbocycles. The van der Waals surface area contributed by atoms with Crippen molar-refractivity contribution in [2.24, 2.45) is 5.73 Å². The minimum atomic E-state index is -0.607. The Morgan fingerprint density at radius 1 is 1.18 bits per heavy atom. The number of fused-ring (bicyclic) bond motifs is 1. The van der Waals surface area contributed by atoms with Crippen molar-refractivity contribution in [1.29, 1.82) is 0 Å². The molecule has 28 heavy (non-hydrogen) atoms. The molecule has 0 fully saturated rings. The van der Waals surface area contributed by atoms with E-state index in [0.29, 0.717) is 38.7 Å². The number of halogens is 2. The van der Waals surface area contributed by atoms with Crippen LogP contribution in [-0.4, -0.2) is 20.7 Å². The van der Waals surface area contributed by atoms with Crippen LogP contribution in [0.25, 0.3) is 11.4 Å². The van der Waals surface area contributed by atoms with Gasteiger partial charge in [0, 0.05) is 26.9 Å². The zero-order valence-electron chi connectivity index (χ0n) is 15.2. The van der Waals surface area contributed by atoms with E-state index < -0.39 is 11.9 Å². The van der Waals surface area contributed by atoms with Crippen LogP contribution in [0.3, 0.4) is 0 Å². The maximum Gasteiger partial charge on any atom is 0.248 e. The fraction of sp³-hybridized carbons (Fsp3) is 0.150. The van der Waals surface area contributed by atoms with Crippen molar-refractivity contribution in [3.63, 3.8) is 0 Å². The number of hydrogen-bond donors (Lipinski definition) is 2. The van der Waals surface area contributed by atoms with Gasteiger partial charge in [-0.15, -0.1) is 5.10 Å². The summed E-state index contributed by atoms with van der Waals surface area (Å²) in [6.45, 7) is 3.78. The van der Waals surface area contributed by atoms with Crippen LogP contribution in [0.15, 0.2) is 53.7 Å². The Hall–Kier alpha value is -2.83. The number of aryl methyl sites for hydroxylation is 1. The summed E-state index contributed by atoms with van der Waals surface area (Å²) in [4.78, 5) is 16.9. The van der Waals surface area contributed by atoms with E-state index in [1.807, 2.05) is 31.2 Å². The van der Waals surface area contributed by atoms with E-state index in [-0.39, 0.29) is 0 Å². The highest BCUT2D eigenvalue weighted by atomic mass is 35.5. The molecule has 6 nitrogen and oxygen atoms in total. The second-order valence-electron chi connectivity index (χ2n) is 6.67. The van der Waals surface area contributed by atoms with Gasteiger partial charge in [0.1, 0.15) is 6.04 Å². The molecule has 3 N–H and O–H groups in total. The predicted octanol–water partition coefficient (Wildman–Crippen LogP) is 4.33. The molecule has 1 aliphatic rings. The van der Waals surface area contributed by atoms with Crippen molar-refractivity contribution in [2.45, 2.75) is 19.9 Å². The number of primary amides is 1. The Labute approximate surface area is 172 Å². The smallest absolute Gasteiger partial charge is 0.248 e. The Bertz CT molecular complexity index is 1140. The van der Waals surface area contributed by atoms with Crippen LogP contribution in [0.2, 0.25) is 10.0 Å². The van der Waals surface area contributed by atoms with Crippen molar-refractivity contribution in [1.82, 2.24) is 14.8 Å². The minimum Gasteiger partial charge on any atom is -0.366 e. The summed E-state index contributed by atoms with van der Waals surface area (Å²) in [6.07, 6.45) is 0. The molecule has 1 unspecified atom stereocenters. The normalized spacial score (nSPS) is 15.9. The van der Waals surface area contributed by atoms with Gasteiger partial charge in [0.2, 0.25) is 11.9 Å². The van der Waals surface area contributed by atoms with Gasteiger partial charge in [-0.05, 0) is 32.0 Å². The third kappa shape index (κ3) is 3.15. The maximum atomic E-state index is 12.3. The summed E-state index contributed by atoms with van der Waals surface area (Å²) in [6, 6.07) is 12.4. The molecular formula is C20H17Cl2N5O. The van der Waals surface area contributed by atoms with Crippen LogP contribution in [0.5, 0.6) is 0 Å². The average molecular weight is 414 g/mol. The van der Waals surface area contributed by atoms with Crippen molar-refractivity contribution >= 4 is 35.1 Å². The summed E-state index contributed by atoms with van der Waals surface area (Å²) in [5.74, 6) is 0.495. The van der Waals surface area contributed by atoms with Crippen LogP contribution in [-0.2, 0) is 4.79 Å². The zero-order chi connectivity index (χ0) is 20.0. The second-order valence-corrected chi connectivity index (χ2v) is 7.51. The monoisotopic (exact) mass is 413 g/mol. The van der Waals surface area contributed by atoms with E-state index >= 15 is 0 Å². The van der Waals surface area contributed by atoms with E-state index in [4.69, 9.17) is 28.9 Å². The number of carbonyl (C=O) groups is 1. The average Bonchev–Trinajstić information content (AvgIpc) is 3.04. The van der Waals surface area contributed by atoms with E-state index in [1.165, 1.54) is 0 Å². The first kappa shape index (κ1) is 18.5. The number of carbonyl (C=O) groups excluding carboxylic acids is 1. The number of amides is 1. The highest BCUT2D eigenvalue weighted by molar-refractivity contribution is 6.35. The van der Waals surface area contributed by atoms with Gasteiger partial charge in [-0.1, -0.05) is 53.0 Å². The molecule has 2 aromatic carbocycles. The lowest BCUT2D eigenvalue weighted by molar-refractivity contribution is -0.115. The number of nitrogens with zero attached hydrogens (tertiary/aromatic N) is 3. The molecule has 8 heteroatoms. The van der Waals surface area contributed by atoms with Crippen LogP contribution in [0.1, 0.15) is 24.1 Å². The quantitative estimate of drug-likeness (QED) is 0.668. The largest absolute Gasteiger partial charge is 0.366 e. The number of nitrogens with one attached hydrogen (secondary N) is 1. The van der Waals surface area contributed by atoms with Crippen LogP contribution in [0, 0.1) is 6.92 Å². The minimum absolute atomic E-state index is 0.373. The standard InChI is InChI=1S/C20H17Cl2N5O/c1-10-4-3-5-12(8-10)19-25-20-24-11(2)16(18(23)28)17(27(20)26-19)14-7-6-13(21)9-15(14)22/h3-9,17H,1-2H3,(H2,23,28)(H,24,25,26). The first-order valence-corrected chi connectivity index (χ1v) is 9.37. The SMILES string of the molecule is CC1=C(C(N)=O)C(c2ccc(Cl)cc2Cl)n2nc(-c3cccc(C)c3)nc2N1. The predicted molar refractivity (Wildman–Crippen MR) is 110 cm³/mol. The molecule has 0 spiro atoms. The summed E-state index contributed by atoms with van der Waals surface area (Å²) in [5, 5.41) is 8.71. The molecule has 1 atom stereocenters. The molecule has 3 aromatic rings. The molecule has 4 rings (SSSR count). The third-order valence-corrected chi connectivity index (χ3v) is 5.21. The van der Waals surface area contributed by atoms with E-state index in [1.54, 1.807) is 29.8 Å². The van der Waals surface area contributed by atoms with Gasteiger partial charge in [-0.3, -0.25) is 4.79 Å². The maximum absolute atomic E-state index is 12.3. The number of anilines is 1. The summed E-state index contributed by atoms with van der Waals surface area (Å²) < 4.78 is 1.64. The Balaban J connectivity index is 1.92. The van der Waals surface area contributed by atoms with Gasteiger partial charge < -0.3 is 11.1 Å². The summed E-state index contributed by atoms with van der Waals surface area (Å²) >= 11 is 12.5. The Kier molecular flexibility index (Phi) is 4.61. The second kappa shape index (κ2) is 6.96. The number of benzene rings is 2. The molecule has 0 radical (unpaired) electrons. The van der Waals surface area contributed by atoms with Crippen molar-refractivity contribution in [3.05, 3.63) is 74.9 Å². The van der Waals surface area contributed by atoms with E-state index in [9.17, 15) is 4.79 Å². The van der Waals surface area contributed by atoms with Crippen LogP contribution >= 0.6 is 23.2 Å². The molecule has 1 aromatic heterocycles. The Morgan fingerprint density at radius 2 is 1.96 bits per heavy atom. The number of rotatable bonds is 3. The lowest BCUT2D eigenvalue weighted by Crippen LogP contribution is -2.32. The van der Waals surface area contributed by atoms with Gasteiger partial charge >= 0.3 is 0 Å².